The van der Waals surface area contributed by atoms with Gasteiger partial charge in [-0.15, -0.1) is 0 Å². The minimum atomic E-state index is -0.104. The van der Waals surface area contributed by atoms with Gasteiger partial charge in [0, 0.05) is 48.4 Å². The first kappa shape index (κ1) is 17.2. The molecule has 0 fully saturated rings. The molecule has 1 N–H and O–H groups in total. The molecule has 3 rings (SSSR count). The van der Waals surface area contributed by atoms with Crippen molar-refractivity contribution >= 4 is 11.7 Å². The Morgan fingerprint density at radius 3 is 2.44 bits per heavy atom. The number of hydrogen-bond donors (Lipinski definition) is 1. The molecule has 0 bridgehead atoms. The fraction of sp³-hybridized carbons (Fsp3) is 0.421. The summed E-state index contributed by atoms with van der Waals surface area (Å²) in [5.74, 6) is 1.29. The molecule has 1 atom stereocenters. The summed E-state index contributed by atoms with van der Waals surface area (Å²) in [4.78, 5) is 14.8. The van der Waals surface area contributed by atoms with Gasteiger partial charge in [-0.2, -0.15) is 0 Å². The Hall–Kier alpha value is -2.63. The molecule has 2 heterocycles. The number of amides is 2. The van der Waals surface area contributed by atoms with Gasteiger partial charge in [0.25, 0.3) is 0 Å². The average molecular weight is 343 g/mol. The van der Waals surface area contributed by atoms with Crippen LogP contribution in [0, 0.1) is 6.92 Å². The Bertz CT molecular complexity index is 747. The molecule has 0 spiro atoms. The van der Waals surface area contributed by atoms with E-state index in [1.807, 2.05) is 4.90 Å². The van der Waals surface area contributed by atoms with Crippen molar-refractivity contribution in [2.24, 2.45) is 0 Å². The van der Waals surface area contributed by atoms with Crippen LogP contribution < -0.4 is 14.8 Å². The predicted octanol–water partition coefficient (Wildman–Crippen LogP) is 3.81. The second kappa shape index (κ2) is 7.09. The number of benzene rings is 1. The molecule has 25 heavy (non-hydrogen) atoms. The highest BCUT2D eigenvalue weighted by molar-refractivity contribution is 5.90. The van der Waals surface area contributed by atoms with Gasteiger partial charge in [-0.3, -0.25) is 0 Å². The molecular weight excluding hydrogens is 318 g/mol. The third kappa shape index (κ3) is 3.29. The van der Waals surface area contributed by atoms with Gasteiger partial charge in [-0.05, 0) is 25.5 Å². The van der Waals surface area contributed by atoms with Gasteiger partial charge in [-0.25, -0.2) is 4.79 Å². The van der Waals surface area contributed by atoms with Crippen LogP contribution in [0.25, 0.3) is 0 Å². The highest BCUT2D eigenvalue weighted by Crippen LogP contribution is 2.31. The molecule has 6 heteroatoms. The van der Waals surface area contributed by atoms with E-state index in [1.165, 1.54) is 11.4 Å². The van der Waals surface area contributed by atoms with Crippen LogP contribution in [0.2, 0.25) is 0 Å². The van der Waals surface area contributed by atoms with Gasteiger partial charge < -0.3 is 24.3 Å². The van der Waals surface area contributed by atoms with Crippen LogP contribution >= 0.6 is 0 Å². The Labute approximate surface area is 148 Å². The number of aryl methyl sites for hydroxylation is 1. The van der Waals surface area contributed by atoms with Crippen molar-refractivity contribution in [1.29, 1.82) is 0 Å². The number of hydrogen-bond acceptors (Lipinski definition) is 3. The first-order valence-corrected chi connectivity index (χ1v) is 8.54. The van der Waals surface area contributed by atoms with Gasteiger partial charge in [0.1, 0.15) is 11.5 Å². The normalized spacial score (nSPS) is 16.3. The number of nitrogens with zero attached hydrogens (tertiary/aromatic N) is 2. The maximum Gasteiger partial charge on any atom is 0.322 e. The minimum Gasteiger partial charge on any atom is -0.497 e. The van der Waals surface area contributed by atoms with Crippen LogP contribution in [0.1, 0.15) is 30.8 Å². The van der Waals surface area contributed by atoms with Crippen LogP contribution in [-0.4, -0.2) is 36.3 Å². The van der Waals surface area contributed by atoms with Gasteiger partial charge in [0.15, 0.2) is 0 Å². The molecule has 0 saturated heterocycles. The van der Waals surface area contributed by atoms with Crippen molar-refractivity contribution < 1.29 is 14.3 Å². The van der Waals surface area contributed by atoms with E-state index in [0.717, 1.165) is 13.0 Å². The fourth-order valence-electron chi connectivity index (χ4n) is 3.46. The Balaban J connectivity index is 1.82. The van der Waals surface area contributed by atoms with Crippen LogP contribution in [0.15, 0.2) is 30.3 Å². The number of carbonyl (C=O) groups is 1. The Morgan fingerprint density at radius 2 is 1.84 bits per heavy atom. The third-order valence-corrected chi connectivity index (χ3v) is 4.77. The van der Waals surface area contributed by atoms with E-state index in [2.05, 4.69) is 35.9 Å². The molecule has 2 amide bonds. The van der Waals surface area contributed by atoms with Crippen molar-refractivity contribution in [1.82, 2.24) is 9.47 Å². The van der Waals surface area contributed by atoms with Crippen molar-refractivity contribution in [3.05, 3.63) is 41.7 Å². The molecule has 1 aliphatic heterocycles. The smallest absolute Gasteiger partial charge is 0.322 e. The van der Waals surface area contributed by atoms with E-state index in [9.17, 15) is 4.79 Å². The Morgan fingerprint density at radius 1 is 1.16 bits per heavy atom. The van der Waals surface area contributed by atoms with Crippen LogP contribution in [0.5, 0.6) is 11.5 Å². The lowest BCUT2D eigenvalue weighted by atomic mass is 10.1. The second-order valence-electron chi connectivity index (χ2n) is 6.20. The first-order valence-electron chi connectivity index (χ1n) is 8.54. The average Bonchev–Trinajstić information content (AvgIpc) is 3.01. The highest BCUT2D eigenvalue weighted by atomic mass is 16.5. The summed E-state index contributed by atoms with van der Waals surface area (Å²) in [6.07, 6.45) is 0.873. The maximum atomic E-state index is 12.9. The number of urea groups is 1. The second-order valence-corrected chi connectivity index (χ2v) is 6.20. The van der Waals surface area contributed by atoms with Crippen molar-refractivity contribution in [3.63, 3.8) is 0 Å². The van der Waals surface area contributed by atoms with E-state index in [4.69, 9.17) is 9.47 Å². The number of carbonyl (C=O) groups excluding carboxylic acids is 1. The molecule has 0 aliphatic carbocycles. The van der Waals surface area contributed by atoms with Gasteiger partial charge >= 0.3 is 6.03 Å². The summed E-state index contributed by atoms with van der Waals surface area (Å²) >= 11 is 0. The largest absolute Gasteiger partial charge is 0.497 e. The maximum absolute atomic E-state index is 12.9. The number of anilines is 1. The summed E-state index contributed by atoms with van der Waals surface area (Å²) in [5.41, 5.74) is 3.10. The monoisotopic (exact) mass is 343 g/mol. The molecule has 0 saturated carbocycles. The molecule has 1 aliphatic rings. The molecule has 1 unspecified atom stereocenters. The molecule has 2 aromatic rings. The zero-order valence-corrected chi connectivity index (χ0v) is 15.2. The molecule has 1 aromatic heterocycles. The molecule has 1 aromatic carbocycles. The van der Waals surface area contributed by atoms with Crippen molar-refractivity contribution in [2.75, 3.05) is 26.1 Å². The van der Waals surface area contributed by atoms with E-state index in [1.54, 1.807) is 32.4 Å². The van der Waals surface area contributed by atoms with Gasteiger partial charge in [0.2, 0.25) is 0 Å². The lowest BCUT2D eigenvalue weighted by molar-refractivity contribution is 0.165. The molecular formula is C19H25N3O3. The number of aromatic nitrogens is 1. The number of ether oxygens (including phenoxy) is 2. The van der Waals surface area contributed by atoms with E-state index >= 15 is 0 Å². The van der Waals surface area contributed by atoms with Gasteiger partial charge in [-0.1, -0.05) is 6.92 Å². The summed E-state index contributed by atoms with van der Waals surface area (Å²) in [5, 5.41) is 2.98. The molecule has 134 valence electrons. The zero-order chi connectivity index (χ0) is 18.0. The predicted molar refractivity (Wildman–Crippen MR) is 97.5 cm³/mol. The lowest BCUT2D eigenvalue weighted by Crippen LogP contribution is -2.44. The lowest BCUT2D eigenvalue weighted by Gasteiger charge is -2.37. The SMILES string of the molecule is CCC1c2ccc(C)n2CCN1C(=O)Nc1cc(OC)cc(OC)c1. The van der Waals surface area contributed by atoms with Crippen molar-refractivity contribution in [3.8, 4) is 11.5 Å². The highest BCUT2D eigenvalue weighted by Gasteiger charge is 2.30. The molecule has 6 nitrogen and oxygen atoms in total. The van der Waals surface area contributed by atoms with Gasteiger partial charge in [0.05, 0.1) is 20.3 Å². The number of rotatable bonds is 4. The van der Waals surface area contributed by atoms with Crippen LogP contribution in [-0.2, 0) is 6.54 Å². The summed E-state index contributed by atoms with van der Waals surface area (Å²) in [7, 11) is 3.18. The summed E-state index contributed by atoms with van der Waals surface area (Å²) in [6.45, 7) is 5.72. The van der Waals surface area contributed by atoms with Crippen molar-refractivity contribution in [2.45, 2.75) is 32.9 Å². The van der Waals surface area contributed by atoms with E-state index in [0.29, 0.717) is 23.7 Å². The number of nitrogens with one attached hydrogen (secondary N) is 1. The van der Waals surface area contributed by atoms with Crippen LogP contribution in [0.4, 0.5) is 10.5 Å². The Kier molecular flexibility index (Phi) is 4.88. The number of fused-ring (bicyclic) bond motifs is 1. The summed E-state index contributed by atoms with van der Waals surface area (Å²) < 4.78 is 12.8. The van der Waals surface area contributed by atoms with Crippen LogP contribution in [0.3, 0.4) is 0 Å². The zero-order valence-electron chi connectivity index (χ0n) is 15.2. The first-order chi connectivity index (χ1) is 12.1. The topological polar surface area (TPSA) is 55.7 Å². The van der Waals surface area contributed by atoms with E-state index < -0.39 is 0 Å². The minimum absolute atomic E-state index is 0.0787. The number of methoxy groups -OCH3 is 2. The third-order valence-electron chi connectivity index (χ3n) is 4.77. The summed E-state index contributed by atoms with van der Waals surface area (Å²) in [6, 6.07) is 9.57. The molecule has 0 radical (unpaired) electrons. The standard InChI is InChI=1S/C19H25N3O3/c1-5-17-18-7-6-13(2)21(18)8-9-22(17)19(23)20-14-10-15(24-3)12-16(11-14)25-4/h6-7,10-12,17H,5,8-9H2,1-4H3,(H,20,23). The fourth-order valence-corrected chi connectivity index (χ4v) is 3.46. The quantitative estimate of drug-likeness (QED) is 0.918. The van der Waals surface area contributed by atoms with E-state index in [-0.39, 0.29) is 12.1 Å².